The van der Waals surface area contributed by atoms with Gasteiger partial charge in [-0.2, -0.15) is 0 Å². The number of hydrogen-bond donors (Lipinski definition) is 0. The monoisotopic (exact) mass is 427 g/mol. The van der Waals surface area contributed by atoms with E-state index in [0.717, 1.165) is 28.5 Å². The summed E-state index contributed by atoms with van der Waals surface area (Å²) in [5.41, 5.74) is 3.32. The molecule has 0 bridgehead atoms. The average molecular weight is 428 g/mol. The number of benzene rings is 1. The van der Waals surface area contributed by atoms with Crippen LogP contribution in [0.4, 0.5) is 0 Å². The van der Waals surface area contributed by atoms with E-state index in [2.05, 4.69) is 73.6 Å². The van der Waals surface area contributed by atoms with Crippen LogP contribution in [0.15, 0.2) is 54.6 Å². The normalized spacial score (nSPS) is 32.2. The molecule has 4 atom stereocenters. The Hall–Kier alpha value is -0.480. The molecule has 2 fully saturated rings. The second-order valence-corrected chi connectivity index (χ2v) is 13.3. The second-order valence-electron chi connectivity index (χ2n) is 9.51. The molecule has 4 unspecified atom stereocenters. The van der Waals surface area contributed by atoms with Crippen molar-refractivity contribution >= 4 is 17.2 Å². The first-order chi connectivity index (χ1) is 14.2. The summed E-state index contributed by atoms with van der Waals surface area (Å²) < 4.78 is 0. The average Bonchev–Trinajstić information content (AvgIpc) is 2.77. The first-order valence-electron chi connectivity index (χ1n) is 11.8. The van der Waals surface area contributed by atoms with Gasteiger partial charge in [0.15, 0.2) is 0 Å². The van der Waals surface area contributed by atoms with Crippen LogP contribution >= 0.6 is 17.2 Å². The fourth-order valence-corrected chi connectivity index (χ4v) is 10.9. The highest BCUT2D eigenvalue weighted by Crippen LogP contribution is 2.65. The Bertz CT molecular complexity index is 701. The number of allylic oxidation sites excluding steroid dienone is 2. The molecule has 0 aromatic heterocycles. The van der Waals surface area contributed by atoms with Gasteiger partial charge < -0.3 is 0 Å². The molecule has 0 N–H and O–H groups in total. The van der Waals surface area contributed by atoms with Gasteiger partial charge in [0.25, 0.3) is 0 Å². The maximum atomic E-state index is 2.62. The van der Waals surface area contributed by atoms with Crippen molar-refractivity contribution in [3.63, 3.8) is 0 Å². The van der Waals surface area contributed by atoms with Crippen molar-refractivity contribution in [2.75, 3.05) is 14.1 Å². The summed E-state index contributed by atoms with van der Waals surface area (Å²) in [6.07, 6.45) is 24.3. The predicted molar refractivity (Wildman–Crippen MR) is 133 cm³/mol. The molecule has 0 aliphatic heterocycles. The lowest BCUT2D eigenvalue weighted by Crippen LogP contribution is -2.55. The molecule has 29 heavy (non-hydrogen) atoms. The largest absolute Gasteiger partial charge is 0.296 e. The van der Waals surface area contributed by atoms with Gasteiger partial charge in [0, 0.05) is 0 Å². The minimum atomic E-state index is 0.112. The van der Waals surface area contributed by atoms with E-state index >= 15 is 0 Å². The summed E-state index contributed by atoms with van der Waals surface area (Å²) >= 11 is 0. The van der Waals surface area contributed by atoms with Crippen LogP contribution in [0.3, 0.4) is 0 Å². The molecule has 0 amide bonds. The Balaban J connectivity index is 1.78. The fourth-order valence-electron chi connectivity index (χ4n) is 5.83. The van der Waals surface area contributed by atoms with E-state index in [9.17, 15) is 0 Å². The lowest BCUT2D eigenvalue weighted by atomic mass is 9.85. The minimum Gasteiger partial charge on any atom is -0.296 e. The molecule has 1 aromatic carbocycles. The summed E-state index contributed by atoms with van der Waals surface area (Å²) in [6, 6.07) is 11.5. The number of likely N-dealkylation sites (N-methyl/N-ethyl adjacent to an activating group) is 1. The molecule has 3 heteroatoms. The van der Waals surface area contributed by atoms with E-state index in [1.54, 1.807) is 5.56 Å². The molecule has 3 aliphatic carbocycles. The molecular weight excluding hydrogens is 388 g/mol. The van der Waals surface area contributed by atoms with E-state index in [-0.39, 0.29) is 10.4 Å². The summed E-state index contributed by atoms with van der Waals surface area (Å²) in [6.45, 7) is 0. The van der Waals surface area contributed by atoms with E-state index in [4.69, 9.17) is 0 Å². The van der Waals surface area contributed by atoms with Crippen LogP contribution in [-0.4, -0.2) is 35.6 Å². The zero-order valence-corrected chi connectivity index (χ0v) is 20.4. The molecule has 1 aromatic rings. The third-order valence-corrected chi connectivity index (χ3v) is 12.4. The molecule has 4 rings (SSSR count). The van der Waals surface area contributed by atoms with Gasteiger partial charge in [-0.05, 0) is 56.7 Å². The third kappa shape index (κ3) is 4.44. The summed E-state index contributed by atoms with van der Waals surface area (Å²) in [4.78, 5) is 2.60. The lowest BCUT2D eigenvalue weighted by Gasteiger charge is -2.56. The molecule has 2 saturated carbocycles. The van der Waals surface area contributed by atoms with Crippen LogP contribution < -0.4 is 0 Å². The number of nitrogens with zero attached hydrogens (tertiary/aromatic N) is 1. The molecule has 1 nitrogen and oxygen atoms in total. The Kier molecular flexibility index (Phi) is 7.32. The van der Waals surface area contributed by atoms with Gasteiger partial charge in [0.2, 0.25) is 0 Å². The third-order valence-electron chi connectivity index (χ3n) is 7.40. The molecule has 0 radical (unpaired) electrons. The zero-order chi connectivity index (χ0) is 20.2. The standard InChI is InChI=1S/C26H39NP2/c1-27(2)26(29-24-18-10-5-11-19-24)21-13-12-20-25(26,22-14-6-3-7-15-22)28-23-16-8-4-9-17-23/h3,6-7,12-15,20-21,23-24,28-29H,4-5,8-11,16-19H2,1-2H3. The van der Waals surface area contributed by atoms with Gasteiger partial charge in [-0.15, -0.1) is 8.58 Å². The van der Waals surface area contributed by atoms with Gasteiger partial charge in [0.1, 0.15) is 0 Å². The van der Waals surface area contributed by atoms with Crippen molar-refractivity contribution in [1.29, 1.82) is 0 Å². The molecule has 3 aliphatic rings. The maximum Gasteiger partial charge on any atom is 0.0730 e. The highest BCUT2D eigenvalue weighted by Gasteiger charge is 2.53. The van der Waals surface area contributed by atoms with E-state index in [1.165, 1.54) is 64.2 Å². The number of rotatable bonds is 6. The Labute approximate surface area is 182 Å². The highest BCUT2D eigenvalue weighted by molar-refractivity contribution is 7.46. The van der Waals surface area contributed by atoms with E-state index in [1.807, 2.05) is 0 Å². The maximum absolute atomic E-state index is 2.62. The van der Waals surface area contributed by atoms with Crippen molar-refractivity contribution in [2.24, 2.45) is 0 Å². The van der Waals surface area contributed by atoms with Gasteiger partial charge in [-0.3, -0.25) is 4.90 Å². The van der Waals surface area contributed by atoms with Crippen LogP contribution in [0.1, 0.15) is 69.8 Å². The highest BCUT2D eigenvalue weighted by atomic mass is 31.1. The van der Waals surface area contributed by atoms with Gasteiger partial charge >= 0.3 is 0 Å². The predicted octanol–water partition coefficient (Wildman–Crippen LogP) is 7.29. The van der Waals surface area contributed by atoms with E-state index < -0.39 is 0 Å². The van der Waals surface area contributed by atoms with Crippen molar-refractivity contribution in [2.45, 2.75) is 86.0 Å². The van der Waals surface area contributed by atoms with Crippen molar-refractivity contribution < 1.29 is 0 Å². The van der Waals surface area contributed by atoms with Crippen molar-refractivity contribution in [3.05, 3.63) is 60.2 Å². The zero-order valence-electron chi connectivity index (χ0n) is 18.4. The van der Waals surface area contributed by atoms with Crippen LogP contribution in [0.2, 0.25) is 0 Å². The van der Waals surface area contributed by atoms with Crippen molar-refractivity contribution in [3.8, 4) is 0 Å². The Morgan fingerprint density at radius 1 is 0.724 bits per heavy atom. The first-order valence-corrected chi connectivity index (χ1v) is 14.0. The first kappa shape index (κ1) is 21.7. The smallest absolute Gasteiger partial charge is 0.0730 e. The summed E-state index contributed by atoms with van der Waals surface area (Å²) in [5.74, 6) is 0. The lowest BCUT2D eigenvalue weighted by molar-refractivity contribution is 0.260. The van der Waals surface area contributed by atoms with Crippen LogP contribution in [0.25, 0.3) is 0 Å². The van der Waals surface area contributed by atoms with Crippen molar-refractivity contribution in [1.82, 2.24) is 4.90 Å². The SMILES string of the molecule is CN(C)C1(PC2CCCCC2)C=CC=CC1(PC1CCCCC1)c1ccccc1. The molecule has 0 heterocycles. The topological polar surface area (TPSA) is 3.24 Å². The van der Waals surface area contributed by atoms with Crippen LogP contribution in [-0.2, 0) is 5.16 Å². The molecule has 0 saturated heterocycles. The summed E-state index contributed by atoms with van der Waals surface area (Å²) in [7, 11) is 6.64. The Morgan fingerprint density at radius 2 is 1.28 bits per heavy atom. The quantitative estimate of drug-likeness (QED) is 0.431. The van der Waals surface area contributed by atoms with Gasteiger partial charge in [-0.25, -0.2) is 0 Å². The van der Waals surface area contributed by atoms with Crippen LogP contribution in [0, 0.1) is 0 Å². The number of hydrogen-bond acceptors (Lipinski definition) is 1. The summed E-state index contributed by atoms with van der Waals surface area (Å²) in [5, 5.41) is 0.228. The fraction of sp³-hybridized carbons (Fsp3) is 0.615. The molecule has 158 valence electrons. The second kappa shape index (κ2) is 9.77. The van der Waals surface area contributed by atoms with Crippen LogP contribution in [0.5, 0.6) is 0 Å². The van der Waals surface area contributed by atoms with Gasteiger partial charge in [0.05, 0.1) is 10.4 Å². The minimum absolute atomic E-state index is 0.112. The molecule has 0 spiro atoms. The Morgan fingerprint density at radius 3 is 1.86 bits per heavy atom. The molecular formula is C26H39NP2. The van der Waals surface area contributed by atoms with E-state index in [0.29, 0.717) is 0 Å². The van der Waals surface area contributed by atoms with Gasteiger partial charge in [-0.1, -0.05) is 102 Å².